The molecule has 7 nitrogen and oxygen atoms in total. The number of hydrogen-bond donors (Lipinski definition) is 1. The van der Waals surface area contributed by atoms with E-state index in [1.165, 1.54) is 0 Å². The van der Waals surface area contributed by atoms with E-state index in [4.69, 9.17) is 16.0 Å². The van der Waals surface area contributed by atoms with Gasteiger partial charge in [-0.3, -0.25) is 14.4 Å². The van der Waals surface area contributed by atoms with E-state index >= 15 is 0 Å². The quantitative estimate of drug-likeness (QED) is 0.641. The Balaban J connectivity index is 1.36. The maximum absolute atomic E-state index is 12.4. The molecular formula is C20H21BrClN3O4. The van der Waals surface area contributed by atoms with Gasteiger partial charge in [0.2, 0.25) is 5.91 Å². The fourth-order valence-corrected chi connectivity index (χ4v) is 3.48. The van der Waals surface area contributed by atoms with Crippen LogP contribution in [0.1, 0.15) is 33.8 Å². The molecule has 2 aromatic rings. The Morgan fingerprint density at radius 3 is 2.28 bits per heavy atom. The van der Waals surface area contributed by atoms with Crippen molar-refractivity contribution in [1.82, 2.24) is 15.1 Å². The summed E-state index contributed by atoms with van der Waals surface area (Å²) in [5, 5.41) is 3.37. The monoisotopic (exact) mass is 481 g/mol. The maximum atomic E-state index is 12.4. The highest BCUT2D eigenvalue weighted by atomic mass is 79.9. The minimum Gasteiger partial charge on any atom is -0.444 e. The minimum absolute atomic E-state index is 0.0265. The molecule has 3 amide bonds. The van der Waals surface area contributed by atoms with Crippen molar-refractivity contribution in [2.75, 3.05) is 32.7 Å². The van der Waals surface area contributed by atoms with Crippen LogP contribution < -0.4 is 5.32 Å². The Kier molecular flexibility index (Phi) is 7.33. The molecule has 1 aliphatic heterocycles. The third-order valence-electron chi connectivity index (χ3n) is 4.66. The minimum atomic E-state index is -0.189. The molecule has 29 heavy (non-hydrogen) atoms. The number of furan rings is 1. The molecule has 1 fully saturated rings. The molecule has 1 aromatic carbocycles. The zero-order valence-electron chi connectivity index (χ0n) is 15.7. The second kappa shape index (κ2) is 9.93. The molecule has 3 rings (SSSR count). The molecule has 0 atom stereocenters. The molecule has 0 radical (unpaired) electrons. The molecule has 154 valence electrons. The van der Waals surface area contributed by atoms with E-state index in [9.17, 15) is 14.4 Å². The molecule has 0 bridgehead atoms. The van der Waals surface area contributed by atoms with Gasteiger partial charge in [-0.05, 0) is 58.7 Å². The van der Waals surface area contributed by atoms with Crippen LogP contribution >= 0.6 is 27.5 Å². The highest BCUT2D eigenvalue weighted by Gasteiger charge is 2.26. The van der Waals surface area contributed by atoms with Gasteiger partial charge in [0.25, 0.3) is 11.8 Å². The van der Waals surface area contributed by atoms with Gasteiger partial charge in [-0.15, -0.1) is 0 Å². The number of amides is 3. The van der Waals surface area contributed by atoms with Crippen molar-refractivity contribution < 1.29 is 18.8 Å². The van der Waals surface area contributed by atoms with E-state index in [0.29, 0.717) is 60.8 Å². The van der Waals surface area contributed by atoms with Crippen LogP contribution in [0.2, 0.25) is 5.02 Å². The predicted molar refractivity (Wildman–Crippen MR) is 112 cm³/mol. The lowest BCUT2D eigenvalue weighted by molar-refractivity contribution is -0.132. The summed E-state index contributed by atoms with van der Waals surface area (Å²) in [7, 11) is 0. The largest absolute Gasteiger partial charge is 0.444 e. The van der Waals surface area contributed by atoms with E-state index in [1.807, 2.05) is 0 Å². The number of benzene rings is 1. The van der Waals surface area contributed by atoms with Crippen molar-refractivity contribution in [1.29, 1.82) is 0 Å². The lowest BCUT2D eigenvalue weighted by atomic mass is 10.2. The Morgan fingerprint density at radius 1 is 1.00 bits per heavy atom. The Morgan fingerprint density at radius 2 is 1.66 bits per heavy atom. The van der Waals surface area contributed by atoms with Crippen LogP contribution in [-0.2, 0) is 4.79 Å². The molecule has 1 N–H and O–H groups in total. The van der Waals surface area contributed by atoms with Crippen molar-refractivity contribution in [3.63, 3.8) is 0 Å². The lowest BCUT2D eigenvalue weighted by Gasteiger charge is -2.34. The van der Waals surface area contributed by atoms with E-state index in [1.54, 1.807) is 46.2 Å². The van der Waals surface area contributed by atoms with Crippen LogP contribution in [0.25, 0.3) is 0 Å². The molecular weight excluding hydrogens is 462 g/mol. The van der Waals surface area contributed by atoms with Gasteiger partial charge in [0, 0.05) is 49.7 Å². The summed E-state index contributed by atoms with van der Waals surface area (Å²) in [5.41, 5.74) is 0.533. The first kappa shape index (κ1) is 21.4. The topological polar surface area (TPSA) is 82.9 Å². The van der Waals surface area contributed by atoms with E-state index in [-0.39, 0.29) is 23.5 Å². The Hall–Kier alpha value is -2.32. The van der Waals surface area contributed by atoms with Crippen LogP contribution in [0.3, 0.4) is 0 Å². The number of carbonyl (C=O) groups excluding carboxylic acids is 3. The molecule has 1 aromatic heterocycles. The van der Waals surface area contributed by atoms with Crippen molar-refractivity contribution in [3.05, 3.63) is 57.4 Å². The van der Waals surface area contributed by atoms with E-state index in [0.717, 1.165) is 0 Å². The van der Waals surface area contributed by atoms with Crippen molar-refractivity contribution >= 4 is 45.3 Å². The first-order chi connectivity index (χ1) is 13.9. The van der Waals surface area contributed by atoms with Gasteiger partial charge in [-0.1, -0.05) is 11.6 Å². The van der Waals surface area contributed by atoms with Gasteiger partial charge in [0.15, 0.2) is 10.4 Å². The highest BCUT2D eigenvalue weighted by Crippen LogP contribution is 2.17. The Labute approximate surface area is 182 Å². The molecule has 0 unspecified atom stereocenters. The summed E-state index contributed by atoms with van der Waals surface area (Å²) in [6.45, 7) is 2.33. The third kappa shape index (κ3) is 5.83. The first-order valence-corrected chi connectivity index (χ1v) is 10.5. The van der Waals surface area contributed by atoms with Crippen LogP contribution in [0.4, 0.5) is 0 Å². The van der Waals surface area contributed by atoms with E-state index < -0.39 is 0 Å². The summed E-state index contributed by atoms with van der Waals surface area (Å²) in [5.74, 6) is -0.0508. The summed E-state index contributed by atoms with van der Waals surface area (Å²) < 4.78 is 5.81. The summed E-state index contributed by atoms with van der Waals surface area (Å²) in [4.78, 5) is 40.2. The summed E-state index contributed by atoms with van der Waals surface area (Å²) in [6.07, 6.45) is 0.901. The number of nitrogens with zero attached hydrogens (tertiary/aromatic N) is 2. The second-order valence-electron chi connectivity index (χ2n) is 6.64. The lowest BCUT2D eigenvalue weighted by Crippen LogP contribution is -2.50. The predicted octanol–water partition coefficient (Wildman–Crippen LogP) is 3.19. The molecule has 2 heterocycles. The van der Waals surface area contributed by atoms with Gasteiger partial charge in [-0.2, -0.15) is 0 Å². The van der Waals surface area contributed by atoms with Crippen molar-refractivity contribution in [2.24, 2.45) is 0 Å². The highest BCUT2D eigenvalue weighted by molar-refractivity contribution is 9.10. The molecule has 9 heteroatoms. The molecule has 0 saturated carbocycles. The maximum Gasteiger partial charge on any atom is 0.289 e. The zero-order valence-corrected chi connectivity index (χ0v) is 18.0. The van der Waals surface area contributed by atoms with Crippen molar-refractivity contribution in [2.45, 2.75) is 12.8 Å². The van der Waals surface area contributed by atoms with Gasteiger partial charge >= 0.3 is 0 Å². The van der Waals surface area contributed by atoms with Crippen LogP contribution in [0.15, 0.2) is 45.5 Å². The van der Waals surface area contributed by atoms with Gasteiger partial charge in [0.05, 0.1) is 0 Å². The van der Waals surface area contributed by atoms with Crippen LogP contribution in [0, 0.1) is 0 Å². The van der Waals surface area contributed by atoms with E-state index in [2.05, 4.69) is 21.2 Å². The van der Waals surface area contributed by atoms with Gasteiger partial charge in [-0.25, -0.2) is 0 Å². The van der Waals surface area contributed by atoms with Gasteiger partial charge < -0.3 is 19.5 Å². The normalized spacial score (nSPS) is 14.0. The zero-order chi connectivity index (χ0) is 20.8. The van der Waals surface area contributed by atoms with Crippen LogP contribution in [0.5, 0.6) is 0 Å². The molecule has 1 aliphatic rings. The molecule has 0 spiro atoms. The first-order valence-electron chi connectivity index (χ1n) is 9.30. The number of nitrogens with one attached hydrogen (secondary N) is 1. The summed E-state index contributed by atoms with van der Waals surface area (Å²) >= 11 is 8.99. The molecule has 0 aliphatic carbocycles. The number of rotatable bonds is 6. The summed E-state index contributed by atoms with van der Waals surface area (Å²) in [6, 6.07) is 9.95. The number of piperazine rings is 1. The fourth-order valence-electron chi connectivity index (χ4n) is 3.05. The number of hydrogen-bond acceptors (Lipinski definition) is 4. The molecule has 1 saturated heterocycles. The standard InChI is InChI=1S/C20H21BrClN3O4/c21-17-8-7-16(29-17)20(28)25-12-10-24(11-13-25)18(26)2-1-9-23-19(27)14-3-5-15(22)6-4-14/h3-8H,1-2,9-13H2,(H,23,27). The van der Waals surface area contributed by atoms with Crippen LogP contribution in [-0.4, -0.2) is 60.2 Å². The third-order valence-corrected chi connectivity index (χ3v) is 5.34. The van der Waals surface area contributed by atoms with Crippen molar-refractivity contribution in [3.8, 4) is 0 Å². The number of halogens is 2. The Bertz CT molecular complexity index is 876. The van der Waals surface area contributed by atoms with Gasteiger partial charge in [0.1, 0.15) is 0 Å². The average Bonchev–Trinajstić information content (AvgIpc) is 3.17. The number of carbonyl (C=O) groups is 3. The smallest absolute Gasteiger partial charge is 0.289 e. The average molecular weight is 483 g/mol. The SMILES string of the molecule is O=C(NCCCC(=O)N1CCN(C(=O)c2ccc(Br)o2)CC1)c1ccc(Cl)cc1. The second-order valence-corrected chi connectivity index (χ2v) is 7.86. The fraction of sp³-hybridized carbons (Fsp3) is 0.350.